The molecule has 2 N–H and O–H groups in total. The molecule has 3 nitrogen and oxygen atoms in total. The Morgan fingerprint density at radius 3 is 2.65 bits per heavy atom. The van der Waals surface area contributed by atoms with Gasteiger partial charge in [0, 0.05) is 12.0 Å². The summed E-state index contributed by atoms with van der Waals surface area (Å²) in [5.74, 6) is 0.0677. The first kappa shape index (κ1) is 12.3. The number of benzene rings is 1. The molecule has 1 aliphatic heterocycles. The number of nitrogens with one attached hydrogen (secondary N) is 1. The zero-order chi connectivity index (χ0) is 12.3. The fourth-order valence-electron chi connectivity index (χ4n) is 2.44. The third kappa shape index (κ3) is 2.93. The average molecular weight is 233 g/mol. The first-order chi connectivity index (χ1) is 8.11. The van der Waals surface area contributed by atoms with Gasteiger partial charge in [-0.2, -0.15) is 0 Å². The number of hydrogen-bond donors (Lipinski definition) is 2. The van der Waals surface area contributed by atoms with Crippen LogP contribution in [0.2, 0.25) is 0 Å². The van der Waals surface area contributed by atoms with Crippen LogP contribution in [0.1, 0.15) is 35.7 Å². The van der Waals surface area contributed by atoms with Crippen molar-refractivity contribution in [2.75, 3.05) is 13.1 Å². The molecule has 0 aromatic heterocycles. The van der Waals surface area contributed by atoms with Crippen molar-refractivity contribution in [1.29, 1.82) is 0 Å². The summed E-state index contributed by atoms with van der Waals surface area (Å²) in [7, 11) is 0. The Hall–Kier alpha value is -1.19. The van der Waals surface area contributed by atoms with E-state index in [4.69, 9.17) is 0 Å². The quantitative estimate of drug-likeness (QED) is 0.779. The number of piperidine rings is 1. The number of aliphatic hydroxyl groups is 1. The molecule has 1 aliphatic rings. The first-order valence-electron chi connectivity index (χ1n) is 6.13. The molecule has 3 heteroatoms. The van der Waals surface area contributed by atoms with Crippen LogP contribution in [-0.4, -0.2) is 29.6 Å². The minimum absolute atomic E-state index is 0.0677. The fourth-order valence-corrected chi connectivity index (χ4v) is 2.44. The van der Waals surface area contributed by atoms with E-state index < -0.39 is 5.60 Å². The average Bonchev–Trinajstić information content (AvgIpc) is 2.29. The Kier molecular flexibility index (Phi) is 3.60. The number of carbonyl (C=O) groups is 1. The number of Topliss-reactive ketones (excluding diaryl/α,β-unsaturated/α-hetero) is 1. The standard InChI is InChI=1S/C14H19NO2/c1-11(16)13-5-3-2-4-12(13)10-14(17)6-8-15-9-7-14/h2-5,15,17H,6-10H2,1H3. The largest absolute Gasteiger partial charge is 0.389 e. The molecule has 1 aromatic carbocycles. The molecule has 0 bridgehead atoms. The smallest absolute Gasteiger partial charge is 0.160 e. The lowest BCUT2D eigenvalue weighted by molar-refractivity contribution is 0.0108. The van der Waals surface area contributed by atoms with Crippen molar-refractivity contribution in [2.45, 2.75) is 31.8 Å². The maximum absolute atomic E-state index is 11.5. The molecule has 0 atom stereocenters. The van der Waals surface area contributed by atoms with E-state index in [0.717, 1.165) is 37.1 Å². The maximum Gasteiger partial charge on any atom is 0.160 e. The van der Waals surface area contributed by atoms with E-state index in [0.29, 0.717) is 6.42 Å². The van der Waals surface area contributed by atoms with Crippen LogP contribution in [0.15, 0.2) is 24.3 Å². The molecule has 0 spiro atoms. The highest BCUT2D eigenvalue weighted by molar-refractivity contribution is 5.95. The summed E-state index contributed by atoms with van der Waals surface area (Å²) in [6.45, 7) is 3.27. The van der Waals surface area contributed by atoms with E-state index >= 15 is 0 Å². The van der Waals surface area contributed by atoms with Crippen LogP contribution in [0.3, 0.4) is 0 Å². The number of hydrogen-bond acceptors (Lipinski definition) is 3. The Balaban J connectivity index is 2.20. The van der Waals surface area contributed by atoms with Crippen molar-refractivity contribution in [1.82, 2.24) is 5.32 Å². The normalized spacial score (nSPS) is 18.9. The van der Waals surface area contributed by atoms with Gasteiger partial charge in [-0.05, 0) is 38.4 Å². The maximum atomic E-state index is 11.5. The zero-order valence-electron chi connectivity index (χ0n) is 10.2. The van der Waals surface area contributed by atoms with Crippen LogP contribution < -0.4 is 5.32 Å². The topological polar surface area (TPSA) is 49.3 Å². The Bertz CT molecular complexity index is 408. The Morgan fingerprint density at radius 1 is 1.35 bits per heavy atom. The second kappa shape index (κ2) is 4.98. The molecule has 1 fully saturated rings. The summed E-state index contributed by atoms with van der Waals surface area (Å²) in [4.78, 5) is 11.5. The number of rotatable bonds is 3. The summed E-state index contributed by atoms with van der Waals surface area (Å²) in [5, 5.41) is 13.7. The highest BCUT2D eigenvalue weighted by Crippen LogP contribution is 2.25. The van der Waals surface area contributed by atoms with Crippen LogP contribution in [-0.2, 0) is 6.42 Å². The third-order valence-corrected chi connectivity index (χ3v) is 3.45. The van der Waals surface area contributed by atoms with Crippen LogP contribution >= 0.6 is 0 Å². The lowest BCUT2D eigenvalue weighted by atomic mass is 9.84. The van der Waals surface area contributed by atoms with Gasteiger partial charge in [-0.3, -0.25) is 4.79 Å². The van der Waals surface area contributed by atoms with Gasteiger partial charge in [0.25, 0.3) is 0 Å². The van der Waals surface area contributed by atoms with E-state index in [1.165, 1.54) is 0 Å². The molecule has 0 aliphatic carbocycles. The molecule has 1 heterocycles. The van der Waals surface area contributed by atoms with Crippen molar-refractivity contribution in [3.8, 4) is 0 Å². The molecule has 17 heavy (non-hydrogen) atoms. The van der Waals surface area contributed by atoms with Gasteiger partial charge < -0.3 is 10.4 Å². The summed E-state index contributed by atoms with van der Waals surface area (Å²) >= 11 is 0. The molecular formula is C14H19NO2. The number of carbonyl (C=O) groups excluding carboxylic acids is 1. The van der Waals surface area contributed by atoms with Crippen LogP contribution in [0.25, 0.3) is 0 Å². The van der Waals surface area contributed by atoms with E-state index in [9.17, 15) is 9.90 Å². The van der Waals surface area contributed by atoms with Crippen molar-refractivity contribution < 1.29 is 9.90 Å². The SMILES string of the molecule is CC(=O)c1ccccc1CC1(O)CCNCC1. The highest BCUT2D eigenvalue weighted by Gasteiger charge is 2.30. The minimum atomic E-state index is -0.656. The summed E-state index contributed by atoms with van der Waals surface area (Å²) < 4.78 is 0. The van der Waals surface area contributed by atoms with Crippen LogP contribution in [0, 0.1) is 0 Å². The van der Waals surface area contributed by atoms with Gasteiger partial charge in [-0.15, -0.1) is 0 Å². The van der Waals surface area contributed by atoms with E-state index in [1.807, 2.05) is 24.3 Å². The molecule has 0 radical (unpaired) electrons. The van der Waals surface area contributed by atoms with Gasteiger partial charge in [0.15, 0.2) is 5.78 Å². The highest BCUT2D eigenvalue weighted by atomic mass is 16.3. The molecule has 1 saturated heterocycles. The van der Waals surface area contributed by atoms with E-state index in [-0.39, 0.29) is 5.78 Å². The minimum Gasteiger partial charge on any atom is -0.389 e. The van der Waals surface area contributed by atoms with E-state index in [2.05, 4.69) is 5.32 Å². The fraction of sp³-hybridized carbons (Fsp3) is 0.500. The lowest BCUT2D eigenvalue weighted by Crippen LogP contribution is -2.43. The second-order valence-corrected chi connectivity index (χ2v) is 4.86. The third-order valence-electron chi connectivity index (χ3n) is 3.45. The first-order valence-corrected chi connectivity index (χ1v) is 6.13. The van der Waals surface area contributed by atoms with Crippen LogP contribution in [0.5, 0.6) is 0 Å². The second-order valence-electron chi connectivity index (χ2n) is 4.86. The predicted molar refractivity (Wildman–Crippen MR) is 67.2 cm³/mol. The summed E-state index contributed by atoms with van der Waals surface area (Å²) in [6, 6.07) is 7.57. The van der Waals surface area contributed by atoms with Crippen molar-refractivity contribution in [2.24, 2.45) is 0 Å². The molecule has 0 amide bonds. The van der Waals surface area contributed by atoms with Crippen LogP contribution in [0.4, 0.5) is 0 Å². The molecular weight excluding hydrogens is 214 g/mol. The molecule has 0 unspecified atom stereocenters. The summed E-state index contributed by atoms with van der Waals surface area (Å²) in [6.07, 6.45) is 2.07. The predicted octanol–water partition coefficient (Wildman–Crippen LogP) is 1.55. The molecule has 92 valence electrons. The molecule has 2 rings (SSSR count). The van der Waals surface area contributed by atoms with E-state index in [1.54, 1.807) is 6.92 Å². The lowest BCUT2D eigenvalue weighted by Gasteiger charge is -2.33. The van der Waals surface area contributed by atoms with Gasteiger partial charge in [0.05, 0.1) is 5.60 Å². The Morgan fingerprint density at radius 2 is 2.00 bits per heavy atom. The number of ketones is 1. The van der Waals surface area contributed by atoms with Gasteiger partial charge in [-0.1, -0.05) is 24.3 Å². The van der Waals surface area contributed by atoms with Gasteiger partial charge in [-0.25, -0.2) is 0 Å². The van der Waals surface area contributed by atoms with Gasteiger partial charge in [0.2, 0.25) is 0 Å². The Labute approximate surface area is 102 Å². The molecule has 1 aromatic rings. The summed E-state index contributed by atoms with van der Waals surface area (Å²) in [5.41, 5.74) is 1.04. The van der Waals surface area contributed by atoms with Crippen molar-refractivity contribution in [3.05, 3.63) is 35.4 Å². The van der Waals surface area contributed by atoms with Crippen molar-refractivity contribution >= 4 is 5.78 Å². The van der Waals surface area contributed by atoms with Crippen molar-refractivity contribution in [3.63, 3.8) is 0 Å². The molecule has 0 saturated carbocycles. The zero-order valence-corrected chi connectivity index (χ0v) is 10.2. The van der Waals surface area contributed by atoms with Gasteiger partial charge in [0.1, 0.15) is 0 Å². The monoisotopic (exact) mass is 233 g/mol. The van der Waals surface area contributed by atoms with Gasteiger partial charge >= 0.3 is 0 Å².